The summed E-state index contributed by atoms with van der Waals surface area (Å²) in [6, 6.07) is 3.80. The molecule has 0 bridgehead atoms. The minimum atomic E-state index is -0.794. The van der Waals surface area contributed by atoms with E-state index in [0.717, 1.165) is 25.9 Å². The average Bonchev–Trinajstić information content (AvgIpc) is 2.88. The Balaban J connectivity index is 2.13. The zero-order chi connectivity index (χ0) is 14.0. The van der Waals surface area contributed by atoms with E-state index in [-0.39, 0.29) is 12.0 Å². The second-order valence-electron chi connectivity index (χ2n) is 5.77. The molecule has 0 aliphatic carbocycles. The van der Waals surface area contributed by atoms with Crippen LogP contribution in [0.4, 0.5) is 8.78 Å². The maximum Gasteiger partial charge on any atom is 0.129 e. The first-order valence-electron chi connectivity index (χ1n) is 6.79. The fourth-order valence-electron chi connectivity index (χ4n) is 2.67. The Hall–Kier alpha value is -1.00. The van der Waals surface area contributed by atoms with E-state index >= 15 is 0 Å². The lowest BCUT2D eigenvalue weighted by molar-refractivity contribution is 0.00249. The van der Waals surface area contributed by atoms with Crippen LogP contribution in [0.25, 0.3) is 0 Å². The maximum atomic E-state index is 13.6. The molecule has 0 radical (unpaired) electrons. The van der Waals surface area contributed by atoms with Gasteiger partial charge in [0.15, 0.2) is 0 Å². The molecular formula is C15H21F2NO. The molecule has 1 aromatic carbocycles. The Bertz CT molecular complexity index is 422. The minimum Gasteiger partial charge on any atom is -0.391 e. The molecule has 1 saturated heterocycles. The van der Waals surface area contributed by atoms with E-state index in [4.69, 9.17) is 0 Å². The lowest BCUT2D eigenvalue weighted by Gasteiger charge is -2.39. The predicted molar refractivity (Wildman–Crippen MR) is 71.0 cm³/mol. The van der Waals surface area contributed by atoms with Crippen LogP contribution in [0, 0.1) is 11.6 Å². The Morgan fingerprint density at radius 2 is 1.74 bits per heavy atom. The van der Waals surface area contributed by atoms with Crippen molar-refractivity contribution in [1.82, 2.24) is 4.90 Å². The van der Waals surface area contributed by atoms with Gasteiger partial charge in [0.2, 0.25) is 0 Å². The molecule has 1 aromatic rings. The van der Waals surface area contributed by atoms with Gasteiger partial charge in [0.05, 0.1) is 6.10 Å². The first kappa shape index (κ1) is 14.4. The number of benzene rings is 1. The second kappa shape index (κ2) is 5.55. The van der Waals surface area contributed by atoms with Gasteiger partial charge in [-0.2, -0.15) is 0 Å². The van der Waals surface area contributed by atoms with Gasteiger partial charge < -0.3 is 5.11 Å². The third-order valence-corrected chi connectivity index (χ3v) is 4.20. The van der Waals surface area contributed by atoms with Gasteiger partial charge in [0.25, 0.3) is 0 Å². The number of hydrogen-bond acceptors (Lipinski definition) is 2. The quantitative estimate of drug-likeness (QED) is 0.908. The summed E-state index contributed by atoms with van der Waals surface area (Å²) >= 11 is 0. The van der Waals surface area contributed by atoms with E-state index in [0.29, 0.717) is 0 Å². The summed E-state index contributed by atoms with van der Waals surface area (Å²) in [5, 5.41) is 10.4. The normalized spacial score (nSPS) is 18.8. The molecule has 1 heterocycles. The highest BCUT2D eigenvalue weighted by Gasteiger charge is 2.36. The Morgan fingerprint density at radius 3 is 2.26 bits per heavy atom. The van der Waals surface area contributed by atoms with Gasteiger partial charge in [-0.1, -0.05) is 6.07 Å². The van der Waals surface area contributed by atoms with Crippen LogP contribution in [-0.4, -0.2) is 34.7 Å². The number of likely N-dealkylation sites (tertiary alicyclic amines) is 1. The molecule has 19 heavy (non-hydrogen) atoms. The van der Waals surface area contributed by atoms with Gasteiger partial charge in [-0.3, -0.25) is 4.90 Å². The van der Waals surface area contributed by atoms with Crippen molar-refractivity contribution < 1.29 is 13.9 Å². The van der Waals surface area contributed by atoms with Gasteiger partial charge >= 0.3 is 0 Å². The molecule has 2 nitrogen and oxygen atoms in total. The number of halogens is 2. The van der Waals surface area contributed by atoms with Crippen molar-refractivity contribution >= 4 is 0 Å². The van der Waals surface area contributed by atoms with Crippen LogP contribution < -0.4 is 0 Å². The van der Waals surface area contributed by atoms with E-state index < -0.39 is 23.3 Å². The third-order valence-electron chi connectivity index (χ3n) is 4.20. The van der Waals surface area contributed by atoms with Crippen molar-refractivity contribution in [3.63, 3.8) is 0 Å². The molecule has 1 atom stereocenters. The van der Waals surface area contributed by atoms with Crippen molar-refractivity contribution in [1.29, 1.82) is 0 Å². The van der Waals surface area contributed by atoms with Gasteiger partial charge in [0, 0.05) is 17.5 Å². The summed E-state index contributed by atoms with van der Waals surface area (Å²) in [5.74, 6) is -1.17. The highest BCUT2D eigenvalue weighted by atomic mass is 19.1. The summed E-state index contributed by atoms with van der Waals surface area (Å²) < 4.78 is 27.2. The molecule has 4 heteroatoms. The third kappa shape index (κ3) is 2.95. The molecular weight excluding hydrogens is 248 g/mol. The molecule has 0 spiro atoms. The summed E-state index contributed by atoms with van der Waals surface area (Å²) in [5.41, 5.74) is -0.493. The van der Waals surface area contributed by atoms with E-state index in [2.05, 4.69) is 4.90 Å². The van der Waals surface area contributed by atoms with Crippen molar-refractivity contribution in [2.45, 2.75) is 44.8 Å². The van der Waals surface area contributed by atoms with Crippen LogP contribution >= 0.6 is 0 Å². The molecule has 1 unspecified atom stereocenters. The number of hydrogen-bond donors (Lipinski definition) is 1. The molecule has 1 aliphatic rings. The van der Waals surface area contributed by atoms with Crippen molar-refractivity contribution in [2.75, 3.05) is 13.1 Å². The van der Waals surface area contributed by atoms with Gasteiger partial charge in [-0.15, -0.1) is 0 Å². The van der Waals surface area contributed by atoms with E-state index in [1.54, 1.807) is 0 Å². The first-order valence-corrected chi connectivity index (χ1v) is 6.79. The van der Waals surface area contributed by atoms with Crippen molar-refractivity contribution in [3.8, 4) is 0 Å². The first-order chi connectivity index (χ1) is 8.93. The van der Waals surface area contributed by atoms with Crippen molar-refractivity contribution in [2.24, 2.45) is 0 Å². The van der Waals surface area contributed by atoms with Gasteiger partial charge in [0.1, 0.15) is 11.6 Å². The van der Waals surface area contributed by atoms with Crippen LogP contribution in [0.5, 0.6) is 0 Å². The van der Waals surface area contributed by atoms with Crippen LogP contribution in [0.1, 0.15) is 32.3 Å². The van der Waals surface area contributed by atoms with E-state index in [1.165, 1.54) is 18.2 Å². The van der Waals surface area contributed by atoms with Crippen molar-refractivity contribution in [3.05, 3.63) is 35.4 Å². The Morgan fingerprint density at radius 1 is 1.21 bits per heavy atom. The van der Waals surface area contributed by atoms with E-state index in [9.17, 15) is 13.9 Å². The van der Waals surface area contributed by atoms with Crippen LogP contribution in [0.3, 0.4) is 0 Å². The van der Waals surface area contributed by atoms with E-state index in [1.807, 2.05) is 13.8 Å². The summed E-state index contributed by atoms with van der Waals surface area (Å²) in [4.78, 5) is 2.19. The number of nitrogens with zero attached hydrogens (tertiary/aromatic N) is 1. The lowest BCUT2D eigenvalue weighted by atomic mass is 9.90. The molecule has 2 rings (SSSR count). The zero-order valence-electron chi connectivity index (χ0n) is 11.5. The molecule has 1 aliphatic heterocycles. The van der Waals surface area contributed by atoms with Crippen LogP contribution in [0.15, 0.2) is 18.2 Å². The van der Waals surface area contributed by atoms with Crippen LogP contribution in [-0.2, 0) is 6.42 Å². The van der Waals surface area contributed by atoms with Crippen LogP contribution in [0.2, 0.25) is 0 Å². The highest BCUT2D eigenvalue weighted by Crippen LogP contribution is 2.27. The summed E-state index contributed by atoms with van der Waals surface area (Å²) in [7, 11) is 0. The SMILES string of the molecule is CC(C)(C(O)Cc1c(F)cccc1F)N1CCCC1. The Kier molecular flexibility index (Phi) is 4.21. The number of rotatable bonds is 4. The smallest absolute Gasteiger partial charge is 0.129 e. The minimum absolute atomic E-state index is 0.00199. The predicted octanol–water partition coefficient (Wildman–Crippen LogP) is 2.74. The molecule has 1 fully saturated rings. The fraction of sp³-hybridized carbons (Fsp3) is 0.600. The monoisotopic (exact) mass is 269 g/mol. The molecule has 0 aromatic heterocycles. The maximum absolute atomic E-state index is 13.6. The summed E-state index contributed by atoms with van der Waals surface area (Å²) in [6.45, 7) is 5.73. The average molecular weight is 269 g/mol. The molecule has 106 valence electrons. The zero-order valence-corrected chi connectivity index (χ0v) is 11.5. The lowest BCUT2D eigenvalue weighted by Crippen LogP contribution is -2.52. The Labute approximate surface area is 113 Å². The topological polar surface area (TPSA) is 23.5 Å². The molecule has 0 saturated carbocycles. The fourth-order valence-corrected chi connectivity index (χ4v) is 2.67. The second-order valence-corrected chi connectivity index (χ2v) is 5.77. The number of aliphatic hydroxyl groups excluding tert-OH is 1. The molecule has 1 N–H and O–H groups in total. The molecule has 0 amide bonds. The van der Waals surface area contributed by atoms with Gasteiger partial charge in [-0.05, 0) is 51.9 Å². The largest absolute Gasteiger partial charge is 0.391 e. The number of aliphatic hydroxyl groups is 1. The standard InChI is InChI=1S/C15H21F2NO/c1-15(2,18-8-3-4-9-18)14(19)10-11-12(16)6-5-7-13(11)17/h5-7,14,19H,3-4,8-10H2,1-2H3. The summed E-state index contributed by atoms with van der Waals surface area (Å²) in [6.07, 6.45) is 1.44. The highest BCUT2D eigenvalue weighted by molar-refractivity contribution is 5.21. The van der Waals surface area contributed by atoms with Gasteiger partial charge in [-0.25, -0.2) is 8.78 Å².